The van der Waals surface area contributed by atoms with Gasteiger partial charge < -0.3 is 34.8 Å². The quantitative estimate of drug-likeness (QED) is 0.312. The third kappa shape index (κ3) is 5.30. The highest BCUT2D eigenvalue weighted by molar-refractivity contribution is 6.04. The molecule has 34 heavy (non-hydrogen) atoms. The minimum atomic E-state index is -1.40. The molecule has 0 bridgehead atoms. The Bertz CT molecular complexity index is 953. The van der Waals surface area contributed by atoms with Crippen molar-refractivity contribution in [1.82, 2.24) is 0 Å². The van der Waals surface area contributed by atoms with Crippen molar-refractivity contribution in [2.45, 2.75) is 49.3 Å². The van der Waals surface area contributed by atoms with Crippen LogP contribution in [0.2, 0.25) is 0 Å². The number of hydrogen-bond acceptors (Lipinski definition) is 7. The summed E-state index contributed by atoms with van der Waals surface area (Å²) < 4.78 is 24.1. The summed E-state index contributed by atoms with van der Waals surface area (Å²) in [5.41, 5.74) is 2.75. The van der Waals surface area contributed by atoms with Crippen LogP contribution in [0.25, 0.3) is 0 Å². The standard InChI is InChI=1S/C25H30FNO7/c26-17-7-9-18(10-8-17)27-12-19(25(27)32)16-5-3-15(4-6-16)2-1-11-33-14-21-23(30)24(31)22(29)20(13-28)34-21/h3-10,19-24,28-31H,1-2,11-14H2/t19?,20-,21+,22-,23+,24-/m1/s1. The molecule has 2 saturated heterocycles. The fourth-order valence-corrected chi connectivity index (χ4v) is 4.34. The maximum atomic E-state index is 13.1. The minimum Gasteiger partial charge on any atom is -0.394 e. The van der Waals surface area contributed by atoms with Gasteiger partial charge in [0, 0.05) is 18.8 Å². The molecule has 2 aromatic carbocycles. The maximum Gasteiger partial charge on any atom is 0.236 e. The molecule has 8 nitrogen and oxygen atoms in total. The summed E-state index contributed by atoms with van der Waals surface area (Å²) in [6.45, 7) is 0.545. The first-order valence-corrected chi connectivity index (χ1v) is 11.4. The van der Waals surface area contributed by atoms with Gasteiger partial charge in [-0.15, -0.1) is 0 Å². The number of carbonyl (C=O) groups is 1. The van der Waals surface area contributed by atoms with Gasteiger partial charge in [0.25, 0.3) is 0 Å². The van der Waals surface area contributed by atoms with Gasteiger partial charge in [-0.25, -0.2) is 4.39 Å². The summed E-state index contributed by atoms with van der Waals surface area (Å²) in [4.78, 5) is 14.2. The van der Waals surface area contributed by atoms with Crippen molar-refractivity contribution in [3.8, 4) is 0 Å². The first-order valence-electron chi connectivity index (χ1n) is 11.4. The summed E-state index contributed by atoms with van der Waals surface area (Å²) in [6.07, 6.45) is -4.35. The number of anilines is 1. The molecular formula is C25H30FNO7. The number of ether oxygens (including phenoxy) is 2. The predicted molar refractivity (Wildman–Crippen MR) is 121 cm³/mol. The molecule has 0 radical (unpaired) electrons. The van der Waals surface area contributed by atoms with E-state index in [-0.39, 0.29) is 24.2 Å². The van der Waals surface area contributed by atoms with Crippen LogP contribution in [0.4, 0.5) is 10.1 Å². The predicted octanol–water partition coefficient (Wildman–Crippen LogP) is 0.748. The number of hydrogen-bond donors (Lipinski definition) is 4. The lowest BCUT2D eigenvalue weighted by atomic mass is 9.89. The zero-order chi connectivity index (χ0) is 24.2. The van der Waals surface area contributed by atoms with E-state index in [1.54, 1.807) is 17.0 Å². The maximum absolute atomic E-state index is 13.1. The van der Waals surface area contributed by atoms with E-state index >= 15 is 0 Å². The van der Waals surface area contributed by atoms with Crippen molar-refractivity contribution in [3.63, 3.8) is 0 Å². The Morgan fingerprint density at radius 3 is 2.29 bits per heavy atom. The summed E-state index contributed by atoms with van der Waals surface area (Å²) >= 11 is 0. The third-order valence-electron chi connectivity index (χ3n) is 6.48. The lowest BCUT2D eigenvalue weighted by Crippen LogP contribution is -2.59. The molecule has 0 spiro atoms. The van der Waals surface area contributed by atoms with Gasteiger partial charge in [-0.2, -0.15) is 0 Å². The fourth-order valence-electron chi connectivity index (χ4n) is 4.34. The van der Waals surface area contributed by atoms with Gasteiger partial charge in [-0.3, -0.25) is 4.79 Å². The minimum absolute atomic E-state index is 0.000881. The number of halogens is 1. The molecule has 2 heterocycles. The molecule has 1 unspecified atom stereocenters. The number of β-lactam (4-membered cyclic amide) rings is 1. The Balaban J connectivity index is 1.19. The van der Waals surface area contributed by atoms with E-state index in [2.05, 4.69) is 0 Å². The van der Waals surface area contributed by atoms with Gasteiger partial charge in [0.2, 0.25) is 5.91 Å². The van der Waals surface area contributed by atoms with E-state index < -0.39 is 37.1 Å². The molecule has 0 aliphatic carbocycles. The van der Waals surface area contributed by atoms with Crippen LogP contribution in [-0.2, 0) is 20.7 Å². The monoisotopic (exact) mass is 475 g/mol. The highest BCUT2D eigenvalue weighted by Crippen LogP contribution is 2.33. The second-order valence-corrected chi connectivity index (χ2v) is 8.77. The molecule has 0 aromatic heterocycles. The van der Waals surface area contributed by atoms with Crippen LogP contribution in [0.3, 0.4) is 0 Å². The summed E-state index contributed by atoms with van der Waals surface area (Å²) in [5, 5.41) is 38.9. The second kappa shape index (κ2) is 10.9. The Kier molecular flexibility index (Phi) is 7.92. The number of aryl methyl sites for hydroxylation is 1. The van der Waals surface area contributed by atoms with Crippen LogP contribution in [0, 0.1) is 5.82 Å². The van der Waals surface area contributed by atoms with Crippen LogP contribution in [0.1, 0.15) is 23.5 Å². The van der Waals surface area contributed by atoms with Crippen LogP contribution < -0.4 is 4.90 Å². The van der Waals surface area contributed by atoms with Gasteiger partial charge in [0.05, 0.1) is 19.1 Å². The van der Waals surface area contributed by atoms with Gasteiger partial charge in [0.1, 0.15) is 36.3 Å². The number of rotatable bonds is 9. The molecular weight excluding hydrogens is 445 g/mol. The van der Waals surface area contributed by atoms with Crippen LogP contribution in [-0.4, -0.2) is 83.2 Å². The normalized spacial score (nSPS) is 29.2. The number of benzene rings is 2. The van der Waals surface area contributed by atoms with E-state index in [0.29, 0.717) is 18.8 Å². The van der Waals surface area contributed by atoms with E-state index in [1.807, 2.05) is 24.3 Å². The Hall–Kier alpha value is -2.40. The lowest BCUT2D eigenvalue weighted by Gasteiger charge is -2.39. The Labute approximate surface area is 197 Å². The summed E-state index contributed by atoms with van der Waals surface area (Å²) in [6, 6.07) is 13.8. The Morgan fingerprint density at radius 2 is 1.65 bits per heavy atom. The molecule has 2 aromatic rings. The van der Waals surface area contributed by atoms with Gasteiger partial charge >= 0.3 is 0 Å². The van der Waals surface area contributed by atoms with E-state index in [0.717, 1.165) is 24.0 Å². The molecule has 0 saturated carbocycles. The average Bonchev–Trinajstić information content (AvgIpc) is 2.85. The number of nitrogens with zero attached hydrogens (tertiary/aromatic N) is 1. The second-order valence-electron chi connectivity index (χ2n) is 8.77. The molecule has 4 rings (SSSR count). The zero-order valence-electron chi connectivity index (χ0n) is 18.7. The van der Waals surface area contributed by atoms with Crippen molar-refractivity contribution < 1.29 is 39.1 Å². The first-order chi connectivity index (χ1) is 16.4. The lowest BCUT2D eigenvalue weighted by molar-refractivity contribution is -0.238. The van der Waals surface area contributed by atoms with Crippen molar-refractivity contribution >= 4 is 11.6 Å². The third-order valence-corrected chi connectivity index (χ3v) is 6.48. The fraction of sp³-hybridized carbons (Fsp3) is 0.480. The molecule has 2 aliphatic heterocycles. The van der Waals surface area contributed by atoms with Gasteiger partial charge in [-0.1, -0.05) is 24.3 Å². The molecule has 6 atom stereocenters. The summed E-state index contributed by atoms with van der Waals surface area (Å²) in [7, 11) is 0. The molecule has 184 valence electrons. The number of amides is 1. The number of aliphatic hydroxyl groups is 4. The van der Waals surface area contributed by atoms with Crippen LogP contribution in [0.15, 0.2) is 48.5 Å². The van der Waals surface area contributed by atoms with Crippen molar-refractivity contribution in [2.24, 2.45) is 0 Å². The SMILES string of the molecule is O=C1C(c2ccc(CCCOC[C@@H]3O[C@H](CO)[C@@H](O)[C@@H](O)[C@H]3O)cc2)CN1c1ccc(F)cc1. The van der Waals surface area contributed by atoms with E-state index in [4.69, 9.17) is 9.47 Å². The largest absolute Gasteiger partial charge is 0.394 e. The van der Waals surface area contributed by atoms with Crippen LogP contribution in [0.5, 0.6) is 0 Å². The topological polar surface area (TPSA) is 120 Å². The Morgan fingerprint density at radius 1 is 0.971 bits per heavy atom. The molecule has 2 fully saturated rings. The van der Waals surface area contributed by atoms with Crippen molar-refractivity contribution in [1.29, 1.82) is 0 Å². The summed E-state index contributed by atoms with van der Waals surface area (Å²) in [5.74, 6) is -0.523. The van der Waals surface area contributed by atoms with Crippen LogP contribution >= 0.6 is 0 Å². The average molecular weight is 476 g/mol. The van der Waals surface area contributed by atoms with Crippen molar-refractivity contribution in [3.05, 3.63) is 65.5 Å². The first kappa shape index (κ1) is 24.7. The molecule has 9 heteroatoms. The zero-order valence-corrected chi connectivity index (χ0v) is 18.7. The molecule has 4 N–H and O–H groups in total. The number of aliphatic hydroxyl groups excluding tert-OH is 4. The van der Waals surface area contributed by atoms with Gasteiger partial charge in [0.15, 0.2) is 0 Å². The smallest absolute Gasteiger partial charge is 0.236 e. The number of carbonyl (C=O) groups excluding carboxylic acids is 1. The highest BCUT2D eigenvalue weighted by Gasteiger charge is 2.43. The molecule has 2 aliphatic rings. The van der Waals surface area contributed by atoms with E-state index in [1.165, 1.54) is 12.1 Å². The van der Waals surface area contributed by atoms with Crippen molar-refractivity contribution in [2.75, 3.05) is 31.3 Å². The highest BCUT2D eigenvalue weighted by atomic mass is 19.1. The molecule has 1 amide bonds. The van der Waals surface area contributed by atoms with Gasteiger partial charge in [-0.05, 0) is 48.2 Å². The van der Waals surface area contributed by atoms with E-state index in [9.17, 15) is 29.6 Å².